The topological polar surface area (TPSA) is 63.6 Å². The molecule has 0 saturated carbocycles. The molecule has 0 atom stereocenters. The second-order valence-electron chi connectivity index (χ2n) is 4.38. The molecule has 0 saturated heterocycles. The van der Waals surface area contributed by atoms with Gasteiger partial charge in [-0.2, -0.15) is 5.10 Å². The van der Waals surface area contributed by atoms with Crippen LogP contribution in [0.4, 0.5) is 4.39 Å². The van der Waals surface area contributed by atoms with Crippen LogP contribution in [0.2, 0.25) is 0 Å². The van der Waals surface area contributed by atoms with Crippen molar-refractivity contribution >= 4 is 11.0 Å². The number of aryl methyl sites for hydroxylation is 2. The molecule has 1 N–H and O–H groups in total. The number of benzene rings is 1. The Kier molecular flexibility index (Phi) is 2.45. The monoisotopic (exact) mass is 258 g/mol. The predicted octanol–water partition coefficient (Wildman–Crippen LogP) is 1.86. The predicted molar refractivity (Wildman–Crippen MR) is 68.9 cm³/mol. The Morgan fingerprint density at radius 3 is 2.84 bits per heavy atom. The van der Waals surface area contributed by atoms with E-state index in [2.05, 4.69) is 15.1 Å². The summed E-state index contributed by atoms with van der Waals surface area (Å²) >= 11 is 0. The second kappa shape index (κ2) is 4.01. The normalized spacial score (nSPS) is 11.1. The third kappa shape index (κ3) is 1.81. The zero-order valence-corrected chi connectivity index (χ0v) is 10.4. The highest BCUT2D eigenvalue weighted by Gasteiger charge is 2.12. The summed E-state index contributed by atoms with van der Waals surface area (Å²) in [6.45, 7) is 3.49. The van der Waals surface area contributed by atoms with Gasteiger partial charge in [0.1, 0.15) is 17.0 Å². The van der Waals surface area contributed by atoms with Crippen molar-refractivity contribution in [3.8, 4) is 5.69 Å². The molecule has 0 aliphatic heterocycles. The van der Waals surface area contributed by atoms with Crippen LogP contribution in [0.5, 0.6) is 0 Å². The van der Waals surface area contributed by atoms with Gasteiger partial charge in [0.15, 0.2) is 5.65 Å². The molecule has 2 heterocycles. The fourth-order valence-electron chi connectivity index (χ4n) is 2.06. The molecule has 2 aromatic heterocycles. The third-order valence-electron chi connectivity index (χ3n) is 2.94. The first-order chi connectivity index (χ1) is 9.06. The van der Waals surface area contributed by atoms with E-state index in [1.165, 1.54) is 18.3 Å². The summed E-state index contributed by atoms with van der Waals surface area (Å²) in [6, 6.07) is 4.40. The highest BCUT2D eigenvalue weighted by atomic mass is 19.1. The summed E-state index contributed by atoms with van der Waals surface area (Å²) in [6.07, 6.45) is 1.46. The van der Waals surface area contributed by atoms with Crippen molar-refractivity contribution in [3.63, 3.8) is 0 Å². The molecular weight excluding hydrogens is 247 g/mol. The van der Waals surface area contributed by atoms with Gasteiger partial charge in [0.05, 0.1) is 11.9 Å². The molecule has 0 bridgehead atoms. The van der Waals surface area contributed by atoms with Gasteiger partial charge in [-0.3, -0.25) is 4.79 Å². The van der Waals surface area contributed by atoms with Crippen LogP contribution in [0, 0.1) is 19.7 Å². The Bertz CT molecular complexity index is 834. The summed E-state index contributed by atoms with van der Waals surface area (Å²) in [5.41, 5.74) is 1.67. The molecule has 0 unspecified atom stereocenters. The van der Waals surface area contributed by atoms with Gasteiger partial charge in [-0.25, -0.2) is 14.1 Å². The number of hydrogen-bond acceptors (Lipinski definition) is 3. The summed E-state index contributed by atoms with van der Waals surface area (Å²) < 4.78 is 14.7. The first-order valence-corrected chi connectivity index (χ1v) is 5.77. The van der Waals surface area contributed by atoms with Crippen molar-refractivity contribution in [2.75, 3.05) is 0 Å². The molecular formula is C13H11FN4O. The lowest BCUT2D eigenvalue weighted by atomic mass is 10.2. The molecule has 0 radical (unpaired) electrons. The molecule has 96 valence electrons. The van der Waals surface area contributed by atoms with E-state index in [1.807, 2.05) is 0 Å². The number of aromatic amines is 1. The van der Waals surface area contributed by atoms with Crippen LogP contribution >= 0.6 is 0 Å². The molecule has 6 heteroatoms. The molecule has 0 aliphatic rings. The van der Waals surface area contributed by atoms with Gasteiger partial charge < -0.3 is 4.98 Å². The van der Waals surface area contributed by atoms with Crippen molar-refractivity contribution in [2.45, 2.75) is 13.8 Å². The van der Waals surface area contributed by atoms with E-state index in [9.17, 15) is 9.18 Å². The highest BCUT2D eigenvalue weighted by Crippen LogP contribution is 2.18. The quantitative estimate of drug-likeness (QED) is 0.724. The average molecular weight is 258 g/mol. The number of nitrogens with one attached hydrogen (secondary N) is 1. The van der Waals surface area contributed by atoms with Gasteiger partial charge >= 0.3 is 0 Å². The maximum absolute atomic E-state index is 13.1. The molecule has 0 amide bonds. The summed E-state index contributed by atoms with van der Waals surface area (Å²) in [5.74, 6) is 0.207. The van der Waals surface area contributed by atoms with E-state index in [4.69, 9.17) is 0 Å². The lowest BCUT2D eigenvalue weighted by Crippen LogP contribution is -2.10. The van der Waals surface area contributed by atoms with Gasteiger partial charge in [0.25, 0.3) is 5.56 Å². The Morgan fingerprint density at radius 2 is 2.11 bits per heavy atom. The van der Waals surface area contributed by atoms with Crippen LogP contribution in [0.1, 0.15) is 11.4 Å². The SMILES string of the molecule is Cc1nc2c(cnn2-c2ccc(F)cc2C)c(=O)[nH]1. The van der Waals surface area contributed by atoms with Crippen LogP contribution in [-0.4, -0.2) is 19.7 Å². The minimum atomic E-state index is -0.306. The first kappa shape index (κ1) is 11.6. The summed E-state index contributed by atoms with van der Waals surface area (Å²) in [4.78, 5) is 18.7. The van der Waals surface area contributed by atoms with Crippen molar-refractivity contribution in [3.05, 3.63) is 52.0 Å². The van der Waals surface area contributed by atoms with Gasteiger partial charge in [0, 0.05) is 0 Å². The van der Waals surface area contributed by atoms with E-state index in [-0.39, 0.29) is 11.4 Å². The molecule has 3 aromatic rings. The van der Waals surface area contributed by atoms with Gasteiger partial charge in [-0.15, -0.1) is 0 Å². The fourth-order valence-corrected chi connectivity index (χ4v) is 2.06. The van der Waals surface area contributed by atoms with Gasteiger partial charge in [0.2, 0.25) is 0 Å². The number of fused-ring (bicyclic) bond motifs is 1. The lowest BCUT2D eigenvalue weighted by molar-refractivity contribution is 0.625. The number of hydrogen-bond donors (Lipinski definition) is 1. The van der Waals surface area contributed by atoms with Crippen molar-refractivity contribution in [1.29, 1.82) is 0 Å². The van der Waals surface area contributed by atoms with Crippen LogP contribution in [0.25, 0.3) is 16.7 Å². The largest absolute Gasteiger partial charge is 0.310 e. The maximum atomic E-state index is 13.1. The Labute approximate surface area is 107 Å². The van der Waals surface area contributed by atoms with Crippen LogP contribution in [0.3, 0.4) is 0 Å². The maximum Gasteiger partial charge on any atom is 0.262 e. The van der Waals surface area contributed by atoms with Crippen molar-refractivity contribution < 1.29 is 4.39 Å². The van der Waals surface area contributed by atoms with E-state index < -0.39 is 0 Å². The first-order valence-electron chi connectivity index (χ1n) is 5.77. The zero-order valence-electron chi connectivity index (χ0n) is 10.4. The van der Waals surface area contributed by atoms with Crippen LogP contribution in [-0.2, 0) is 0 Å². The Balaban J connectivity index is 2.34. The van der Waals surface area contributed by atoms with Crippen LogP contribution < -0.4 is 5.56 Å². The van der Waals surface area contributed by atoms with E-state index in [0.29, 0.717) is 22.5 Å². The molecule has 0 aliphatic carbocycles. The molecule has 19 heavy (non-hydrogen) atoms. The number of rotatable bonds is 1. The third-order valence-corrected chi connectivity index (χ3v) is 2.94. The van der Waals surface area contributed by atoms with Crippen molar-refractivity contribution in [1.82, 2.24) is 19.7 Å². The molecule has 1 aromatic carbocycles. The molecule has 0 spiro atoms. The molecule has 0 fully saturated rings. The standard InChI is InChI=1S/C13H11FN4O/c1-7-5-9(14)3-4-11(7)18-12-10(6-15-18)13(19)17-8(2)16-12/h3-6H,1-2H3,(H,16,17,19). The fraction of sp³-hybridized carbons (Fsp3) is 0.154. The average Bonchev–Trinajstić information content (AvgIpc) is 2.73. The minimum Gasteiger partial charge on any atom is -0.310 e. The number of H-pyrrole nitrogens is 1. The van der Waals surface area contributed by atoms with Crippen molar-refractivity contribution in [2.24, 2.45) is 0 Å². The molecule has 5 nitrogen and oxygen atoms in total. The van der Waals surface area contributed by atoms with E-state index in [1.54, 1.807) is 24.6 Å². The van der Waals surface area contributed by atoms with Gasteiger partial charge in [-0.05, 0) is 37.6 Å². The zero-order chi connectivity index (χ0) is 13.6. The molecule has 3 rings (SSSR count). The highest BCUT2D eigenvalue weighted by molar-refractivity contribution is 5.75. The van der Waals surface area contributed by atoms with E-state index in [0.717, 1.165) is 5.56 Å². The van der Waals surface area contributed by atoms with Gasteiger partial charge in [-0.1, -0.05) is 0 Å². The number of halogens is 1. The number of aromatic nitrogens is 4. The Hall–Kier alpha value is -2.50. The minimum absolute atomic E-state index is 0.228. The smallest absolute Gasteiger partial charge is 0.262 e. The number of nitrogens with zero attached hydrogens (tertiary/aromatic N) is 3. The second-order valence-corrected chi connectivity index (χ2v) is 4.38. The van der Waals surface area contributed by atoms with E-state index >= 15 is 0 Å². The Morgan fingerprint density at radius 1 is 1.32 bits per heavy atom. The summed E-state index contributed by atoms with van der Waals surface area (Å²) in [5, 5.41) is 4.58. The summed E-state index contributed by atoms with van der Waals surface area (Å²) in [7, 11) is 0. The lowest BCUT2D eigenvalue weighted by Gasteiger charge is -2.06. The van der Waals surface area contributed by atoms with Crippen LogP contribution in [0.15, 0.2) is 29.2 Å².